The second-order valence-electron chi connectivity index (χ2n) is 9.37. The number of fused-ring (bicyclic) bond motifs is 1. The molecular formula is C27H34ClN5O3. The standard InChI is InChI=1S/C27H33N5O3.ClH/c1-31(27(35)20-6-3-2-4-7-20)21-13-14-23-22(17-21)30-24(32(23)15-5-8-25(33)34)16-18-9-11-19(12-10-18)26(28)29;/h9-14,17,20H,2-8,15-16H2,1H3,(H3,28,29)(H,33,34);1H. The highest BCUT2D eigenvalue weighted by Gasteiger charge is 2.25. The Labute approximate surface area is 217 Å². The number of carbonyl (C=O) groups is 2. The molecule has 1 amide bonds. The van der Waals surface area contributed by atoms with Crippen LogP contribution in [-0.4, -0.2) is 39.4 Å². The van der Waals surface area contributed by atoms with Crippen molar-refractivity contribution < 1.29 is 14.7 Å². The van der Waals surface area contributed by atoms with Crippen molar-refractivity contribution >= 4 is 46.8 Å². The number of anilines is 1. The van der Waals surface area contributed by atoms with Gasteiger partial charge in [-0.1, -0.05) is 43.5 Å². The Balaban J connectivity index is 0.00000361. The fourth-order valence-electron chi connectivity index (χ4n) is 4.88. The Morgan fingerprint density at radius 2 is 1.83 bits per heavy atom. The van der Waals surface area contributed by atoms with Crippen LogP contribution < -0.4 is 10.6 Å². The molecule has 1 heterocycles. The van der Waals surface area contributed by atoms with Gasteiger partial charge in [-0.25, -0.2) is 4.98 Å². The fourth-order valence-corrected chi connectivity index (χ4v) is 4.88. The van der Waals surface area contributed by atoms with Crippen molar-refractivity contribution in [3.05, 3.63) is 59.4 Å². The second kappa shape index (κ2) is 12.0. The molecule has 0 bridgehead atoms. The van der Waals surface area contributed by atoms with E-state index in [0.29, 0.717) is 24.9 Å². The molecule has 9 heteroatoms. The lowest BCUT2D eigenvalue weighted by molar-refractivity contribution is -0.137. The maximum absolute atomic E-state index is 13.0. The van der Waals surface area contributed by atoms with Crippen LogP contribution in [0.3, 0.4) is 0 Å². The predicted octanol–water partition coefficient (Wildman–Crippen LogP) is 4.74. The van der Waals surface area contributed by atoms with E-state index >= 15 is 0 Å². The number of aromatic nitrogens is 2. The van der Waals surface area contributed by atoms with Gasteiger partial charge in [0.15, 0.2) is 0 Å². The molecule has 1 saturated carbocycles. The number of hydrogen-bond donors (Lipinski definition) is 3. The molecule has 36 heavy (non-hydrogen) atoms. The summed E-state index contributed by atoms with van der Waals surface area (Å²) in [4.78, 5) is 30.8. The van der Waals surface area contributed by atoms with Gasteiger partial charge in [0.05, 0.1) is 11.0 Å². The van der Waals surface area contributed by atoms with E-state index in [0.717, 1.165) is 53.8 Å². The van der Waals surface area contributed by atoms with E-state index < -0.39 is 5.97 Å². The van der Waals surface area contributed by atoms with Crippen molar-refractivity contribution in [1.29, 1.82) is 5.41 Å². The van der Waals surface area contributed by atoms with E-state index in [1.165, 1.54) is 6.42 Å². The molecule has 2 aromatic carbocycles. The summed E-state index contributed by atoms with van der Waals surface area (Å²) in [5.41, 5.74) is 9.79. The first-order valence-electron chi connectivity index (χ1n) is 12.3. The third-order valence-electron chi connectivity index (χ3n) is 6.88. The molecule has 8 nitrogen and oxygen atoms in total. The first-order chi connectivity index (χ1) is 16.8. The monoisotopic (exact) mass is 511 g/mol. The summed E-state index contributed by atoms with van der Waals surface area (Å²) in [6.07, 6.45) is 6.49. The number of carboxylic acids is 1. The SMILES string of the molecule is CN(C(=O)C1CCCCC1)c1ccc2c(c1)nc(Cc1ccc(C(=N)N)cc1)n2CCCC(=O)O.Cl. The topological polar surface area (TPSA) is 125 Å². The number of nitrogens with one attached hydrogen (secondary N) is 1. The quantitative estimate of drug-likeness (QED) is 0.282. The molecular weight excluding hydrogens is 478 g/mol. The summed E-state index contributed by atoms with van der Waals surface area (Å²) < 4.78 is 2.07. The first-order valence-corrected chi connectivity index (χ1v) is 12.3. The highest BCUT2D eigenvalue weighted by atomic mass is 35.5. The maximum atomic E-state index is 13.0. The molecule has 0 saturated heterocycles. The zero-order valence-corrected chi connectivity index (χ0v) is 21.4. The van der Waals surface area contributed by atoms with Crippen LogP contribution in [0.15, 0.2) is 42.5 Å². The summed E-state index contributed by atoms with van der Waals surface area (Å²) in [5, 5.41) is 16.7. The van der Waals surface area contributed by atoms with Crippen LogP contribution in [0.1, 0.15) is 61.9 Å². The van der Waals surface area contributed by atoms with E-state index in [9.17, 15) is 9.59 Å². The fraction of sp³-hybridized carbons (Fsp3) is 0.407. The summed E-state index contributed by atoms with van der Waals surface area (Å²) >= 11 is 0. The number of carbonyl (C=O) groups excluding carboxylic acids is 1. The number of hydrogen-bond acceptors (Lipinski definition) is 4. The summed E-state index contributed by atoms with van der Waals surface area (Å²) in [7, 11) is 1.83. The third kappa shape index (κ3) is 6.23. The van der Waals surface area contributed by atoms with Gasteiger partial charge in [-0.15, -0.1) is 12.4 Å². The number of aryl methyl sites for hydroxylation is 1. The number of aliphatic carboxylic acids is 1. The van der Waals surface area contributed by atoms with Gasteiger partial charge in [0.25, 0.3) is 0 Å². The Hall–Kier alpha value is -3.39. The zero-order chi connectivity index (χ0) is 24.9. The number of amides is 1. The molecule has 0 aliphatic heterocycles. The van der Waals surface area contributed by atoms with Crippen molar-refractivity contribution in [1.82, 2.24) is 9.55 Å². The molecule has 4 N–H and O–H groups in total. The van der Waals surface area contributed by atoms with Gasteiger partial charge in [0.1, 0.15) is 11.7 Å². The van der Waals surface area contributed by atoms with Crippen LogP contribution in [0.2, 0.25) is 0 Å². The number of halogens is 1. The predicted molar refractivity (Wildman–Crippen MR) is 144 cm³/mol. The van der Waals surface area contributed by atoms with Crippen LogP contribution in [0.25, 0.3) is 11.0 Å². The van der Waals surface area contributed by atoms with Crippen LogP contribution in [0.4, 0.5) is 5.69 Å². The number of nitrogens with two attached hydrogens (primary N) is 1. The second-order valence-corrected chi connectivity index (χ2v) is 9.37. The number of amidine groups is 1. The average molecular weight is 512 g/mol. The summed E-state index contributed by atoms with van der Waals surface area (Å²) in [6, 6.07) is 13.4. The van der Waals surface area contributed by atoms with E-state index in [1.807, 2.05) is 49.5 Å². The lowest BCUT2D eigenvalue weighted by atomic mass is 9.88. The molecule has 3 aromatic rings. The first kappa shape index (κ1) is 27.2. The molecule has 4 rings (SSSR count). The van der Waals surface area contributed by atoms with Crippen molar-refractivity contribution in [2.24, 2.45) is 11.7 Å². The molecule has 0 atom stereocenters. The van der Waals surface area contributed by atoms with Gasteiger partial charge in [-0.2, -0.15) is 0 Å². The molecule has 0 spiro atoms. The minimum Gasteiger partial charge on any atom is -0.481 e. The van der Waals surface area contributed by atoms with Gasteiger partial charge in [0, 0.05) is 43.6 Å². The van der Waals surface area contributed by atoms with Crippen molar-refractivity contribution in [2.75, 3.05) is 11.9 Å². The van der Waals surface area contributed by atoms with Crippen LogP contribution in [0, 0.1) is 11.3 Å². The van der Waals surface area contributed by atoms with Gasteiger partial charge in [-0.3, -0.25) is 15.0 Å². The van der Waals surface area contributed by atoms with Crippen LogP contribution >= 0.6 is 12.4 Å². The average Bonchev–Trinajstić information content (AvgIpc) is 3.19. The molecule has 1 fully saturated rings. The van der Waals surface area contributed by atoms with E-state index in [2.05, 4.69) is 4.57 Å². The molecule has 1 aliphatic rings. The lowest BCUT2D eigenvalue weighted by Gasteiger charge is -2.26. The molecule has 1 aliphatic carbocycles. The van der Waals surface area contributed by atoms with Gasteiger partial charge in [0.2, 0.25) is 5.91 Å². The summed E-state index contributed by atoms with van der Waals surface area (Å²) in [6.45, 7) is 0.542. The Morgan fingerprint density at radius 1 is 1.14 bits per heavy atom. The molecule has 1 aromatic heterocycles. The van der Waals surface area contributed by atoms with Crippen LogP contribution in [-0.2, 0) is 22.6 Å². The van der Waals surface area contributed by atoms with Crippen molar-refractivity contribution in [2.45, 2.75) is 57.9 Å². The normalized spacial score (nSPS) is 13.8. The lowest BCUT2D eigenvalue weighted by Crippen LogP contribution is -2.33. The number of rotatable bonds is 9. The Kier molecular flexibility index (Phi) is 9.09. The Morgan fingerprint density at radius 3 is 2.47 bits per heavy atom. The highest BCUT2D eigenvalue weighted by Crippen LogP contribution is 2.29. The molecule has 0 unspecified atom stereocenters. The number of benzene rings is 2. The smallest absolute Gasteiger partial charge is 0.303 e. The van der Waals surface area contributed by atoms with E-state index in [-0.39, 0.29) is 36.5 Å². The number of nitrogens with zero attached hydrogens (tertiary/aromatic N) is 3. The van der Waals surface area contributed by atoms with Crippen LogP contribution in [0.5, 0.6) is 0 Å². The maximum Gasteiger partial charge on any atom is 0.303 e. The van der Waals surface area contributed by atoms with E-state index in [4.69, 9.17) is 21.2 Å². The minimum atomic E-state index is -0.819. The summed E-state index contributed by atoms with van der Waals surface area (Å²) in [5.74, 6) is 0.291. The van der Waals surface area contributed by atoms with Crippen molar-refractivity contribution in [3.63, 3.8) is 0 Å². The Bertz CT molecular complexity index is 1230. The number of imidazole rings is 1. The highest BCUT2D eigenvalue weighted by molar-refractivity contribution is 5.96. The molecule has 0 radical (unpaired) electrons. The van der Waals surface area contributed by atoms with E-state index in [1.54, 1.807) is 4.90 Å². The number of carboxylic acid groups (broad SMARTS) is 1. The number of nitrogen functional groups attached to an aromatic ring is 1. The van der Waals surface area contributed by atoms with Gasteiger partial charge < -0.3 is 20.3 Å². The van der Waals surface area contributed by atoms with Gasteiger partial charge in [-0.05, 0) is 43.0 Å². The third-order valence-corrected chi connectivity index (χ3v) is 6.88. The van der Waals surface area contributed by atoms with Crippen molar-refractivity contribution in [3.8, 4) is 0 Å². The van der Waals surface area contributed by atoms with Gasteiger partial charge >= 0.3 is 5.97 Å². The largest absolute Gasteiger partial charge is 0.481 e. The minimum absolute atomic E-state index is 0. The molecule has 192 valence electrons. The zero-order valence-electron chi connectivity index (χ0n) is 20.6.